The van der Waals surface area contributed by atoms with Gasteiger partial charge < -0.3 is 10.5 Å². The van der Waals surface area contributed by atoms with Crippen LogP contribution in [0, 0.1) is 0 Å². The summed E-state index contributed by atoms with van der Waals surface area (Å²) >= 11 is 1.74. The van der Waals surface area contributed by atoms with Crippen molar-refractivity contribution in [1.29, 1.82) is 0 Å². The maximum Gasteiger partial charge on any atom is 0.120 e. The van der Waals surface area contributed by atoms with Gasteiger partial charge in [-0.05, 0) is 30.9 Å². The number of anilines is 1. The second kappa shape index (κ2) is 5.02. The summed E-state index contributed by atoms with van der Waals surface area (Å²) in [5.41, 5.74) is 6.62. The van der Waals surface area contributed by atoms with Crippen molar-refractivity contribution in [3.63, 3.8) is 0 Å². The van der Waals surface area contributed by atoms with Crippen LogP contribution in [0.15, 0.2) is 23.1 Å². The van der Waals surface area contributed by atoms with E-state index in [1.54, 1.807) is 11.8 Å². The minimum absolute atomic E-state index is 0.695. The Hall–Kier alpha value is -0.830. The lowest BCUT2D eigenvalue weighted by Crippen LogP contribution is -1.94. The smallest absolute Gasteiger partial charge is 0.120 e. The van der Waals surface area contributed by atoms with E-state index in [1.807, 2.05) is 25.1 Å². The van der Waals surface area contributed by atoms with Crippen molar-refractivity contribution in [3.05, 3.63) is 18.2 Å². The molecule has 0 amide bonds. The van der Waals surface area contributed by atoms with E-state index in [-0.39, 0.29) is 0 Å². The first-order valence-electron chi connectivity index (χ1n) is 4.43. The summed E-state index contributed by atoms with van der Waals surface area (Å²) in [4.78, 5) is 1.11. The normalized spacial score (nSPS) is 10.0. The first-order valence-corrected chi connectivity index (χ1v) is 5.41. The van der Waals surface area contributed by atoms with E-state index < -0.39 is 0 Å². The third-order valence-electron chi connectivity index (χ3n) is 1.60. The molecule has 0 aliphatic rings. The number of hydrogen-bond acceptors (Lipinski definition) is 3. The Morgan fingerprint density at radius 1 is 1.38 bits per heavy atom. The molecule has 2 N–H and O–H groups in total. The molecule has 0 aromatic heterocycles. The fraction of sp³-hybridized carbons (Fsp3) is 0.400. The SMILES string of the molecule is CCOc1ccc(N)c(SCC)c1. The lowest BCUT2D eigenvalue weighted by molar-refractivity contribution is 0.339. The highest BCUT2D eigenvalue weighted by Crippen LogP contribution is 2.28. The van der Waals surface area contributed by atoms with E-state index in [2.05, 4.69) is 6.92 Å². The highest BCUT2D eigenvalue weighted by molar-refractivity contribution is 7.99. The number of nitrogen functional groups attached to an aromatic ring is 1. The first-order chi connectivity index (χ1) is 6.27. The third-order valence-corrected chi connectivity index (χ3v) is 2.55. The lowest BCUT2D eigenvalue weighted by atomic mass is 10.3. The zero-order chi connectivity index (χ0) is 9.68. The van der Waals surface area contributed by atoms with Gasteiger partial charge in [0.2, 0.25) is 0 Å². The molecule has 1 rings (SSSR count). The quantitative estimate of drug-likeness (QED) is 0.595. The highest BCUT2D eigenvalue weighted by Gasteiger charge is 2.00. The van der Waals surface area contributed by atoms with Crippen molar-refractivity contribution in [1.82, 2.24) is 0 Å². The van der Waals surface area contributed by atoms with Crippen LogP contribution < -0.4 is 10.5 Å². The van der Waals surface area contributed by atoms with Gasteiger partial charge in [-0.1, -0.05) is 6.92 Å². The standard InChI is InChI=1S/C10H15NOS/c1-3-12-8-5-6-9(11)10(7-8)13-4-2/h5-7H,3-4,11H2,1-2H3. The van der Waals surface area contributed by atoms with Crippen molar-refractivity contribution in [2.45, 2.75) is 18.7 Å². The summed E-state index contributed by atoms with van der Waals surface area (Å²) in [6.45, 7) is 4.78. The predicted molar refractivity (Wildman–Crippen MR) is 58.4 cm³/mol. The van der Waals surface area contributed by atoms with E-state index in [1.165, 1.54) is 0 Å². The van der Waals surface area contributed by atoms with E-state index >= 15 is 0 Å². The lowest BCUT2D eigenvalue weighted by Gasteiger charge is -2.07. The van der Waals surface area contributed by atoms with Crippen LogP contribution in [0.4, 0.5) is 5.69 Å². The van der Waals surface area contributed by atoms with Crippen LogP contribution in [0.2, 0.25) is 0 Å². The summed E-state index contributed by atoms with van der Waals surface area (Å²) in [5.74, 6) is 1.92. The number of nitrogens with two attached hydrogens (primary N) is 1. The minimum atomic E-state index is 0.695. The van der Waals surface area contributed by atoms with Crippen LogP contribution in [0.3, 0.4) is 0 Å². The van der Waals surface area contributed by atoms with Gasteiger partial charge in [0.1, 0.15) is 5.75 Å². The number of rotatable bonds is 4. The zero-order valence-electron chi connectivity index (χ0n) is 8.04. The Labute approximate surface area is 83.5 Å². The molecule has 0 unspecified atom stereocenters. The van der Waals surface area contributed by atoms with Gasteiger partial charge in [0.15, 0.2) is 0 Å². The number of benzene rings is 1. The first kappa shape index (κ1) is 10.3. The molecule has 13 heavy (non-hydrogen) atoms. The molecule has 0 saturated carbocycles. The molecule has 0 spiro atoms. The van der Waals surface area contributed by atoms with Gasteiger partial charge in [0.25, 0.3) is 0 Å². The maximum atomic E-state index is 5.80. The average Bonchev–Trinajstić information content (AvgIpc) is 2.12. The molecule has 2 nitrogen and oxygen atoms in total. The van der Waals surface area contributed by atoms with Crippen molar-refractivity contribution in [3.8, 4) is 5.75 Å². The maximum absolute atomic E-state index is 5.80. The molecular weight excluding hydrogens is 182 g/mol. The van der Waals surface area contributed by atoms with Crippen molar-refractivity contribution in [2.24, 2.45) is 0 Å². The van der Waals surface area contributed by atoms with Crippen LogP contribution in [0.1, 0.15) is 13.8 Å². The molecule has 0 heterocycles. The molecule has 0 bridgehead atoms. The Kier molecular flexibility index (Phi) is 3.96. The van der Waals surface area contributed by atoms with Gasteiger partial charge >= 0.3 is 0 Å². The van der Waals surface area contributed by atoms with Crippen LogP contribution in [0.25, 0.3) is 0 Å². The van der Waals surface area contributed by atoms with Gasteiger partial charge in [-0.25, -0.2) is 0 Å². The molecule has 72 valence electrons. The fourth-order valence-electron chi connectivity index (χ4n) is 1.05. The van der Waals surface area contributed by atoms with Gasteiger partial charge in [0, 0.05) is 10.6 Å². The van der Waals surface area contributed by atoms with Crippen molar-refractivity contribution >= 4 is 17.4 Å². The summed E-state index contributed by atoms with van der Waals surface area (Å²) in [5, 5.41) is 0. The van der Waals surface area contributed by atoms with Crippen LogP contribution in [-0.2, 0) is 0 Å². The molecule has 3 heteroatoms. The summed E-state index contributed by atoms with van der Waals surface area (Å²) in [7, 11) is 0. The van der Waals surface area contributed by atoms with E-state index in [0.717, 1.165) is 22.1 Å². The second-order valence-corrected chi connectivity index (χ2v) is 3.87. The Morgan fingerprint density at radius 2 is 2.15 bits per heavy atom. The molecule has 0 fully saturated rings. The number of thioether (sulfide) groups is 1. The van der Waals surface area contributed by atoms with Crippen molar-refractivity contribution < 1.29 is 4.74 Å². The van der Waals surface area contributed by atoms with Gasteiger partial charge in [-0.15, -0.1) is 11.8 Å². The largest absolute Gasteiger partial charge is 0.494 e. The molecule has 1 aromatic carbocycles. The molecular formula is C10H15NOS. The summed E-state index contributed by atoms with van der Waals surface area (Å²) in [6.07, 6.45) is 0. The van der Waals surface area contributed by atoms with E-state index in [0.29, 0.717) is 6.61 Å². The molecule has 0 aliphatic carbocycles. The molecule has 0 radical (unpaired) electrons. The summed E-state index contributed by atoms with van der Waals surface area (Å²) in [6, 6.07) is 5.79. The Balaban J connectivity index is 2.83. The molecule has 0 atom stereocenters. The van der Waals surface area contributed by atoms with Crippen LogP contribution in [0.5, 0.6) is 5.75 Å². The number of hydrogen-bond donors (Lipinski definition) is 1. The van der Waals surface area contributed by atoms with Crippen LogP contribution >= 0.6 is 11.8 Å². The van der Waals surface area contributed by atoms with Crippen LogP contribution in [-0.4, -0.2) is 12.4 Å². The highest BCUT2D eigenvalue weighted by atomic mass is 32.2. The monoisotopic (exact) mass is 197 g/mol. The second-order valence-electron chi connectivity index (χ2n) is 2.57. The molecule has 0 aliphatic heterocycles. The van der Waals surface area contributed by atoms with Gasteiger partial charge in [-0.3, -0.25) is 0 Å². The third kappa shape index (κ3) is 2.84. The minimum Gasteiger partial charge on any atom is -0.494 e. The average molecular weight is 197 g/mol. The topological polar surface area (TPSA) is 35.2 Å². The summed E-state index contributed by atoms with van der Waals surface area (Å²) < 4.78 is 5.38. The Bertz CT molecular complexity index is 276. The van der Waals surface area contributed by atoms with E-state index in [9.17, 15) is 0 Å². The predicted octanol–water partition coefficient (Wildman–Crippen LogP) is 2.78. The zero-order valence-corrected chi connectivity index (χ0v) is 8.86. The van der Waals surface area contributed by atoms with Gasteiger partial charge in [0.05, 0.1) is 6.61 Å². The van der Waals surface area contributed by atoms with E-state index in [4.69, 9.17) is 10.5 Å². The Morgan fingerprint density at radius 3 is 2.77 bits per heavy atom. The van der Waals surface area contributed by atoms with Crippen molar-refractivity contribution in [2.75, 3.05) is 18.1 Å². The molecule has 0 saturated heterocycles. The fourth-order valence-corrected chi connectivity index (χ4v) is 1.80. The number of ether oxygens (including phenoxy) is 1. The molecule has 1 aromatic rings. The van der Waals surface area contributed by atoms with Gasteiger partial charge in [-0.2, -0.15) is 0 Å².